The van der Waals surface area contributed by atoms with Crippen LogP contribution in [0.15, 0.2) is 30.3 Å². The predicted octanol–water partition coefficient (Wildman–Crippen LogP) is 3.11. The molecule has 2 amide bonds. The van der Waals surface area contributed by atoms with E-state index in [1.54, 1.807) is 0 Å². The highest BCUT2D eigenvalue weighted by atomic mass is 16.2. The molecule has 2 saturated heterocycles. The van der Waals surface area contributed by atoms with Crippen LogP contribution < -0.4 is 0 Å². The van der Waals surface area contributed by atoms with Crippen LogP contribution >= 0.6 is 0 Å². The molecule has 1 aromatic carbocycles. The second-order valence-corrected chi connectivity index (χ2v) is 7.80. The van der Waals surface area contributed by atoms with Gasteiger partial charge in [0.2, 0.25) is 11.8 Å². The Kier molecular flexibility index (Phi) is 5.77. The summed E-state index contributed by atoms with van der Waals surface area (Å²) in [7, 11) is 0. The normalized spacial score (nSPS) is 21.8. The number of likely N-dealkylation sites (tertiary alicyclic amines) is 2. The van der Waals surface area contributed by atoms with Crippen molar-refractivity contribution < 1.29 is 9.59 Å². The molecule has 2 heterocycles. The third kappa shape index (κ3) is 4.23. The summed E-state index contributed by atoms with van der Waals surface area (Å²) in [6.07, 6.45) is 4.99. The highest BCUT2D eigenvalue weighted by Crippen LogP contribution is 2.26. The number of nitrogens with zero attached hydrogens (tertiary/aromatic N) is 2. The summed E-state index contributed by atoms with van der Waals surface area (Å²) < 4.78 is 0. The van der Waals surface area contributed by atoms with Gasteiger partial charge in [-0.15, -0.1) is 0 Å². The Balaban J connectivity index is 1.53. The van der Waals surface area contributed by atoms with Gasteiger partial charge in [0.05, 0.1) is 0 Å². The Morgan fingerprint density at radius 3 is 2.36 bits per heavy atom. The highest BCUT2D eigenvalue weighted by Gasteiger charge is 2.38. The predicted molar refractivity (Wildman–Crippen MR) is 99.0 cm³/mol. The van der Waals surface area contributed by atoms with Gasteiger partial charge in [-0.25, -0.2) is 0 Å². The van der Waals surface area contributed by atoms with Crippen LogP contribution in [0, 0.1) is 11.8 Å². The van der Waals surface area contributed by atoms with E-state index in [1.165, 1.54) is 5.56 Å². The van der Waals surface area contributed by atoms with E-state index in [-0.39, 0.29) is 23.8 Å². The van der Waals surface area contributed by atoms with Gasteiger partial charge in [-0.1, -0.05) is 44.2 Å². The number of hydrogen-bond acceptors (Lipinski definition) is 2. The van der Waals surface area contributed by atoms with Crippen molar-refractivity contribution in [3.63, 3.8) is 0 Å². The van der Waals surface area contributed by atoms with E-state index < -0.39 is 0 Å². The topological polar surface area (TPSA) is 40.6 Å². The zero-order valence-corrected chi connectivity index (χ0v) is 15.5. The fraction of sp³-hybridized carbons (Fsp3) is 0.619. The average molecular weight is 342 g/mol. The van der Waals surface area contributed by atoms with Crippen molar-refractivity contribution in [3.05, 3.63) is 35.9 Å². The van der Waals surface area contributed by atoms with Crippen LogP contribution in [0.2, 0.25) is 0 Å². The summed E-state index contributed by atoms with van der Waals surface area (Å²) >= 11 is 0. The van der Waals surface area contributed by atoms with E-state index >= 15 is 0 Å². The first-order valence-corrected chi connectivity index (χ1v) is 9.69. The van der Waals surface area contributed by atoms with Gasteiger partial charge in [0.1, 0.15) is 6.04 Å². The molecule has 2 aliphatic rings. The molecule has 0 aromatic heterocycles. The molecule has 0 spiro atoms. The van der Waals surface area contributed by atoms with Crippen LogP contribution in [0.1, 0.15) is 45.1 Å². The van der Waals surface area contributed by atoms with Crippen LogP contribution in [0.25, 0.3) is 0 Å². The van der Waals surface area contributed by atoms with Gasteiger partial charge in [-0.05, 0) is 43.6 Å². The lowest BCUT2D eigenvalue weighted by molar-refractivity contribution is -0.146. The molecule has 1 aromatic rings. The summed E-state index contributed by atoms with van der Waals surface area (Å²) in [4.78, 5) is 29.1. The summed E-state index contributed by atoms with van der Waals surface area (Å²) in [5, 5.41) is 0. The number of benzene rings is 1. The zero-order valence-electron chi connectivity index (χ0n) is 15.5. The van der Waals surface area contributed by atoms with Crippen molar-refractivity contribution in [2.45, 2.75) is 52.0 Å². The van der Waals surface area contributed by atoms with Gasteiger partial charge in [-0.2, -0.15) is 0 Å². The Hall–Kier alpha value is -1.84. The number of hydrogen-bond donors (Lipinski definition) is 0. The van der Waals surface area contributed by atoms with Gasteiger partial charge in [0, 0.05) is 25.6 Å². The minimum Gasteiger partial charge on any atom is -0.341 e. The lowest BCUT2D eigenvalue weighted by atomic mass is 9.90. The first kappa shape index (κ1) is 18.0. The maximum Gasteiger partial charge on any atom is 0.245 e. The largest absolute Gasteiger partial charge is 0.341 e. The minimum absolute atomic E-state index is 0.0370. The molecular weight excluding hydrogens is 312 g/mol. The summed E-state index contributed by atoms with van der Waals surface area (Å²) in [6, 6.07) is 10.4. The molecule has 3 rings (SSSR count). The Morgan fingerprint density at radius 1 is 1.04 bits per heavy atom. The SMILES string of the molecule is CC(C)C(=O)N1CCCC1C(=O)N1CCC(Cc2ccccc2)CC1. The van der Waals surface area contributed by atoms with Crippen molar-refractivity contribution in [2.75, 3.05) is 19.6 Å². The summed E-state index contributed by atoms with van der Waals surface area (Å²) in [5.41, 5.74) is 1.39. The lowest BCUT2D eigenvalue weighted by Crippen LogP contribution is -2.50. The lowest BCUT2D eigenvalue weighted by Gasteiger charge is -2.36. The summed E-state index contributed by atoms with van der Waals surface area (Å²) in [5.74, 6) is 0.910. The van der Waals surface area contributed by atoms with Gasteiger partial charge < -0.3 is 9.80 Å². The van der Waals surface area contributed by atoms with Gasteiger partial charge in [0.15, 0.2) is 0 Å². The number of carbonyl (C=O) groups is 2. The third-order valence-electron chi connectivity index (χ3n) is 5.61. The molecule has 1 unspecified atom stereocenters. The van der Waals surface area contributed by atoms with Crippen LogP contribution in [-0.2, 0) is 16.0 Å². The number of amides is 2. The monoisotopic (exact) mass is 342 g/mol. The van der Waals surface area contributed by atoms with Gasteiger partial charge in [0.25, 0.3) is 0 Å². The van der Waals surface area contributed by atoms with Crippen molar-refractivity contribution in [2.24, 2.45) is 11.8 Å². The molecule has 4 nitrogen and oxygen atoms in total. The molecule has 2 fully saturated rings. The highest BCUT2D eigenvalue weighted by molar-refractivity contribution is 5.89. The van der Waals surface area contributed by atoms with Crippen LogP contribution in [0.4, 0.5) is 0 Å². The molecule has 4 heteroatoms. The first-order valence-electron chi connectivity index (χ1n) is 9.69. The van der Waals surface area contributed by atoms with Gasteiger partial charge in [-0.3, -0.25) is 9.59 Å². The molecule has 2 aliphatic heterocycles. The fourth-order valence-electron chi connectivity index (χ4n) is 4.13. The Labute approximate surface area is 151 Å². The van der Waals surface area contributed by atoms with Crippen LogP contribution in [0.3, 0.4) is 0 Å². The molecule has 0 aliphatic carbocycles. The second kappa shape index (κ2) is 8.03. The number of piperidine rings is 1. The van der Waals surface area contributed by atoms with E-state index in [0.29, 0.717) is 5.92 Å². The molecule has 136 valence electrons. The smallest absolute Gasteiger partial charge is 0.245 e. The maximum atomic E-state index is 12.9. The van der Waals surface area contributed by atoms with E-state index in [0.717, 1.165) is 51.7 Å². The molecular formula is C21H30N2O2. The van der Waals surface area contributed by atoms with E-state index in [1.807, 2.05) is 23.6 Å². The van der Waals surface area contributed by atoms with Crippen LogP contribution in [-0.4, -0.2) is 47.3 Å². The Bertz CT molecular complexity index is 591. The fourth-order valence-corrected chi connectivity index (χ4v) is 4.13. The third-order valence-corrected chi connectivity index (χ3v) is 5.61. The number of rotatable bonds is 4. The van der Waals surface area contributed by atoms with Crippen molar-refractivity contribution >= 4 is 11.8 Å². The molecule has 0 saturated carbocycles. The van der Waals surface area contributed by atoms with E-state index in [2.05, 4.69) is 30.3 Å². The second-order valence-electron chi connectivity index (χ2n) is 7.80. The molecule has 25 heavy (non-hydrogen) atoms. The van der Waals surface area contributed by atoms with Crippen molar-refractivity contribution in [1.29, 1.82) is 0 Å². The minimum atomic E-state index is -0.222. The molecule has 0 bridgehead atoms. The quantitative estimate of drug-likeness (QED) is 0.843. The van der Waals surface area contributed by atoms with E-state index in [4.69, 9.17) is 0 Å². The standard InChI is InChI=1S/C21H30N2O2/c1-16(2)20(24)23-12-6-9-19(23)21(25)22-13-10-18(11-14-22)15-17-7-4-3-5-8-17/h3-5,7-8,16,18-19H,6,9-15H2,1-2H3. The average Bonchev–Trinajstić information content (AvgIpc) is 3.11. The van der Waals surface area contributed by atoms with E-state index in [9.17, 15) is 9.59 Å². The zero-order chi connectivity index (χ0) is 17.8. The number of carbonyl (C=O) groups excluding carboxylic acids is 2. The molecule has 0 N–H and O–H groups in total. The maximum absolute atomic E-state index is 12.9. The first-order chi connectivity index (χ1) is 12.1. The summed E-state index contributed by atoms with van der Waals surface area (Å²) in [6.45, 7) is 6.22. The Morgan fingerprint density at radius 2 is 1.72 bits per heavy atom. The van der Waals surface area contributed by atoms with Crippen molar-refractivity contribution in [3.8, 4) is 0 Å². The van der Waals surface area contributed by atoms with Crippen LogP contribution in [0.5, 0.6) is 0 Å². The molecule has 1 atom stereocenters. The van der Waals surface area contributed by atoms with Crippen molar-refractivity contribution in [1.82, 2.24) is 9.80 Å². The van der Waals surface area contributed by atoms with Gasteiger partial charge >= 0.3 is 0 Å². The molecule has 0 radical (unpaired) electrons.